The predicted molar refractivity (Wildman–Crippen MR) is 57.0 cm³/mol. The van der Waals surface area contributed by atoms with Crippen LogP contribution < -0.4 is 11.4 Å². The van der Waals surface area contributed by atoms with E-state index in [0.717, 1.165) is 12.0 Å². The van der Waals surface area contributed by atoms with Crippen molar-refractivity contribution in [3.05, 3.63) is 28.3 Å². The third-order valence-corrected chi connectivity index (χ3v) is 2.73. The molecule has 1 heterocycles. The lowest BCUT2D eigenvalue weighted by Gasteiger charge is -2.01. The van der Waals surface area contributed by atoms with E-state index in [1.807, 2.05) is 6.92 Å². The summed E-state index contributed by atoms with van der Waals surface area (Å²) in [4.78, 5) is 15.0. The molecule has 0 radical (unpaired) electrons. The van der Waals surface area contributed by atoms with Gasteiger partial charge in [0.25, 0.3) is 0 Å². The highest BCUT2D eigenvalue weighted by Gasteiger charge is 2.43. The Labute approximate surface area is 86.9 Å². The monoisotopic (exact) mass is 207 g/mol. The summed E-state index contributed by atoms with van der Waals surface area (Å²) in [5.41, 5.74) is 5.88. The van der Waals surface area contributed by atoms with Gasteiger partial charge in [-0.2, -0.15) is 4.98 Å². The Hall–Kier alpha value is -1.62. The number of aliphatic hydroxyl groups excluding tert-OH is 1. The molecule has 15 heavy (non-hydrogen) atoms. The molecule has 0 aromatic carbocycles. The Morgan fingerprint density at radius 3 is 3.07 bits per heavy atom. The van der Waals surface area contributed by atoms with E-state index in [-0.39, 0.29) is 17.8 Å². The van der Waals surface area contributed by atoms with Crippen LogP contribution in [0, 0.1) is 5.41 Å². The normalized spacial score (nSPS) is 26.9. The van der Waals surface area contributed by atoms with Gasteiger partial charge in [-0.05, 0) is 18.1 Å². The first-order valence-electron chi connectivity index (χ1n) is 4.72. The number of hydrogen-bond acceptors (Lipinski definition) is 4. The second-order valence-corrected chi connectivity index (χ2v) is 4.09. The molecule has 5 nitrogen and oxygen atoms in total. The van der Waals surface area contributed by atoms with Crippen LogP contribution in [0.2, 0.25) is 0 Å². The Morgan fingerprint density at radius 2 is 2.53 bits per heavy atom. The standard InChI is InChI=1S/C10H13N3O2/c1-10(6-14)4-7(10)5-13-3-2-8(11)12-9(13)15/h2-3,5,14H,4,6H2,1H3,(H2,11,12,15)/b7-5-/t10-/m1/s1. The van der Waals surface area contributed by atoms with Crippen molar-refractivity contribution in [2.75, 3.05) is 12.3 Å². The van der Waals surface area contributed by atoms with Gasteiger partial charge in [0.1, 0.15) is 5.82 Å². The second-order valence-electron chi connectivity index (χ2n) is 4.09. The maximum absolute atomic E-state index is 11.4. The number of nitrogens with zero attached hydrogens (tertiary/aromatic N) is 2. The molecule has 1 saturated carbocycles. The molecular weight excluding hydrogens is 194 g/mol. The lowest BCUT2D eigenvalue weighted by atomic mass is 10.1. The molecule has 0 amide bonds. The summed E-state index contributed by atoms with van der Waals surface area (Å²) in [6, 6.07) is 1.57. The number of anilines is 1. The number of nitrogens with two attached hydrogens (primary N) is 1. The summed E-state index contributed by atoms with van der Waals surface area (Å²) in [6.07, 6.45) is 4.11. The zero-order chi connectivity index (χ0) is 11.1. The van der Waals surface area contributed by atoms with Crippen LogP contribution in [-0.2, 0) is 0 Å². The Kier molecular flexibility index (Phi) is 2.12. The molecule has 0 bridgehead atoms. The average molecular weight is 207 g/mol. The molecule has 1 fully saturated rings. The molecule has 1 atom stereocenters. The van der Waals surface area contributed by atoms with E-state index in [9.17, 15) is 4.79 Å². The summed E-state index contributed by atoms with van der Waals surface area (Å²) >= 11 is 0. The topological polar surface area (TPSA) is 81.1 Å². The fourth-order valence-corrected chi connectivity index (χ4v) is 1.43. The van der Waals surface area contributed by atoms with Crippen molar-refractivity contribution >= 4 is 12.0 Å². The Bertz CT molecular complexity index is 478. The molecule has 1 aromatic heterocycles. The van der Waals surface area contributed by atoms with Crippen molar-refractivity contribution in [2.24, 2.45) is 5.41 Å². The number of aromatic nitrogens is 2. The number of rotatable bonds is 2. The zero-order valence-electron chi connectivity index (χ0n) is 8.47. The first kappa shape index (κ1) is 9.92. The smallest absolute Gasteiger partial charge is 0.353 e. The number of hydrogen-bond donors (Lipinski definition) is 2. The highest BCUT2D eigenvalue weighted by molar-refractivity contribution is 5.46. The molecule has 1 aliphatic carbocycles. The molecule has 1 aliphatic rings. The van der Waals surface area contributed by atoms with Crippen molar-refractivity contribution in [3.8, 4) is 0 Å². The van der Waals surface area contributed by atoms with Crippen LogP contribution in [0.5, 0.6) is 0 Å². The second kappa shape index (κ2) is 3.20. The van der Waals surface area contributed by atoms with Gasteiger partial charge in [-0.15, -0.1) is 0 Å². The van der Waals surface area contributed by atoms with Crippen molar-refractivity contribution < 1.29 is 5.11 Å². The van der Waals surface area contributed by atoms with Crippen LogP contribution >= 0.6 is 0 Å². The Morgan fingerprint density at radius 1 is 1.80 bits per heavy atom. The number of aliphatic hydroxyl groups is 1. The minimum atomic E-state index is -0.394. The Balaban J connectivity index is 2.31. The third kappa shape index (κ3) is 1.78. The van der Waals surface area contributed by atoms with Crippen molar-refractivity contribution in [1.82, 2.24) is 9.55 Å². The molecule has 3 N–H and O–H groups in total. The summed E-state index contributed by atoms with van der Waals surface area (Å²) in [5.74, 6) is 0.218. The molecule has 0 unspecified atom stereocenters. The van der Waals surface area contributed by atoms with Gasteiger partial charge in [0.2, 0.25) is 0 Å². The van der Waals surface area contributed by atoms with Crippen molar-refractivity contribution in [2.45, 2.75) is 13.3 Å². The maximum atomic E-state index is 11.4. The fourth-order valence-electron chi connectivity index (χ4n) is 1.43. The van der Waals surface area contributed by atoms with Gasteiger partial charge in [0.15, 0.2) is 0 Å². The summed E-state index contributed by atoms with van der Waals surface area (Å²) in [7, 11) is 0. The molecule has 0 saturated heterocycles. The zero-order valence-corrected chi connectivity index (χ0v) is 8.47. The van der Waals surface area contributed by atoms with Crippen molar-refractivity contribution in [1.29, 1.82) is 0 Å². The molecule has 80 valence electrons. The maximum Gasteiger partial charge on any atom is 0.353 e. The van der Waals surface area contributed by atoms with Gasteiger partial charge < -0.3 is 10.8 Å². The molecule has 2 rings (SSSR count). The van der Waals surface area contributed by atoms with Gasteiger partial charge >= 0.3 is 5.69 Å². The average Bonchev–Trinajstić information content (AvgIpc) is 2.83. The van der Waals surface area contributed by atoms with E-state index in [0.29, 0.717) is 0 Å². The van der Waals surface area contributed by atoms with Crippen LogP contribution in [0.15, 0.2) is 22.6 Å². The van der Waals surface area contributed by atoms with Crippen LogP contribution in [0.1, 0.15) is 13.3 Å². The summed E-state index contributed by atoms with van der Waals surface area (Å²) in [6.45, 7) is 2.06. The molecule has 5 heteroatoms. The van der Waals surface area contributed by atoms with Crippen molar-refractivity contribution in [3.63, 3.8) is 0 Å². The van der Waals surface area contributed by atoms with Gasteiger partial charge in [-0.3, -0.25) is 4.57 Å². The predicted octanol–water partition coefficient (Wildman–Crippen LogP) is 0.0687. The van der Waals surface area contributed by atoms with E-state index in [1.54, 1.807) is 18.5 Å². The molecule has 1 aromatic rings. The van der Waals surface area contributed by atoms with Crippen LogP contribution in [-0.4, -0.2) is 21.3 Å². The first-order valence-corrected chi connectivity index (χ1v) is 4.72. The molecular formula is C10H13N3O2. The van der Waals surface area contributed by atoms with Crippen LogP contribution in [0.4, 0.5) is 5.82 Å². The van der Waals surface area contributed by atoms with Crippen LogP contribution in [0.25, 0.3) is 6.20 Å². The lowest BCUT2D eigenvalue weighted by Crippen LogP contribution is -2.19. The quantitative estimate of drug-likeness (QED) is 0.719. The van der Waals surface area contributed by atoms with Gasteiger partial charge in [-0.25, -0.2) is 4.79 Å². The summed E-state index contributed by atoms with van der Waals surface area (Å²) in [5, 5.41) is 9.06. The van der Waals surface area contributed by atoms with E-state index in [1.165, 1.54) is 4.57 Å². The number of nitrogen functional groups attached to an aromatic ring is 1. The highest BCUT2D eigenvalue weighted by atomic mass is 16.3. The van der Waals surface area contributed by atoms with E-state index < -0.39 is 5.69 Å². The molecule has 0 aliphatic heterocycles. The SMILES string of the molecule is C[C@]1(CO)C/C1=C/n1ccc(N)nc1=O. The minimum Gasteiger partial charge on any atom is -0.395 e. The minimum absolute atomic E-state index is 0.107. The van der Waals surface area contributed by atoms with E-state index in [4.69, 9.17) is 10.8 Å². The third-order valence-electron chi connectivity index (χ3n) is 2.73. The van der Waals surface area contributed by atoms with Crippen LogP contribution in [0.3, 0.4) is 0 Å². The largest absolute Gasteiger partial charge is 0.395 e. The van der Waals surface area contributed by atoms with E-state index in [2.05, 4.69) is 4.98 Å². The van der Waals surface area contributed by atoms with Gasteiger partial charge in [-0.1, -0.05) is 6.92 Å². The van der Waals surface area contributed by atoms with Gasteiger partial charge in [0.05, 0.1) is 6.61 Å². The van der Waals surface area contributed by atoms with Gasteiger partial charge in [0, 0.05) is 17.8 Å². The first-order chi connectivity index (χ1) is 7.05. The highest BCUT2D eigenvalue weighted by Crippen LogP contribution is 2.51. The fraction of sp³-hybridized carbons (Fsp3) is 0.400. The lowest BCUT2D eigenvalue weighted by molar-refractivity contribution is 0.233. The summed E-state index contributed by atoms with van der Waals surface area (Å²) < 4.78 is 1.38. The molecule has 0 spiro atoms. The van der Waals surface area contributed by atoms with E-state index >= 15 is 0 Å².